The van der Waals surface area contributed by atoms with Gasteiger partial charge in [-0.1, -0.05) is 54.2 Å². The maximum atomic E-state index is 11.6. The summed E-state index contributed by atoms with van der Waals surface area (Å²) in [5.41, 5.74) is 14.4. The smallest absolute Gasteiger partial charge is 0.252 e. The van der Waals surface area contributed by atoms with Crippen molar-refractivity contribution in [2.24, 2.45) is 21.7 Å². The Morgan fingerprint density at radius 2 is 1.75 bits per heavy atom. The summed E-state index contributed by atoms with van der Waals surface area (Å²) in [6, 6.07) is 22.4. The summed E-state index contributed by atoms with van der Waals surface area (Å²) in [7, 11) is 1.58. The number of carbonyl (C=O) groups is 1. The van der Waals surface area contributed by atoms with E-state index in [0.29, 0.717) is 22.2 Å². The van der Waals surface area contributed by atoms with Crippen LogP contribution in [0.3, 0.4) is 0 Å². The summed E-state index contributed by atoms with van der Waals surface area (Å²) >= 11 is 1.42. The minimum Gasteiger partial charge on any atom is -0.496 e. The predicted molar refractivity (Wildman–Crippen MR) is 129 cm³/mol. The molecule has 0 fully saturated rings. The van der Waals surface area contributed by atoms with E-state index >= 15 is 0 Å². The van der Waals surface area contributed by atoms with E-state index in [4.69, 9.17) is 20.9 Å². The number of amidine groups is 1. The summed E-state index contributed by atoms with van der Waals surface area (Å²) in [4.78, 5) is 11.6. The summed E-state index contributed by atoms with van der Waals surface area (Å²) in [5.74, 6) is 1.24. The van der Waals surface area contributed by atoms with Crippen LogP contribution in [-0.2, 0) is 12.4 Å². The molecule has 7 nitrogen and oxygen atoms in total. The molecule has 0 saturated carbocycles. The number of nitrogens with zero attached hydrogens (tertiary/aromatic N) is 2. The van der Waals surface area contributed by atoms with Crippen molar-refractivity contribution in [3.63, 3.8) is 0 Å². The molecule has 1 amide bonds. The third kappa shape index (κ3) is 6.61. The second kappa shape index (κ2) is 11.6. The van der Waals surface area contributed by atoms with Crippen LogP contribution in [0.25, 0.3) is 0 Å². The van der Waals surface area contributed by atoms with E-state index in [-0.39, 0.29) is 6.61 Å². The number of primary amides is 1. The molecule has 0 bridgehead atoms. The van der Waals surface area contributed by atoms with Gasteiger partial charge in [-0.3, -0.25) is 4.79 Å². The molecule has 32 heavy (non-hydrogen) atoms. The number of amides is 1. The molecule has 3 aromatic rings. The topological polar surface area (TPSA) is 112 Å². The Morgan fingerprint density at radius 1 is 1.00 bits per heavy atom. The minimum atomic E-state index is -0.547. The molecule has 0 saturated heterocycles. The zero-order valence-electron chi connectivity index (χ0n) is 17.6. The third-order valence-corrected chi connectivity index (χ3v) is 5.29. The lowest BCUT2D eigenvalue weighted by Crippen LogP contribution is -2.13. The van der Waals surface area contributed by atoms with Gasteiger partial charge in [-0.15, -0.1) is 5.10 Å². The molecule has 3 aromatic carbocycles. The van der Waals surface area contributed by atoms with E-state index in [0.717, 1.165) is 22.4 Å². The first-order valence-corrected chi connectivity index (χ1v) is 10.8. The van der Waals surface area contributed by atoms with Crippen molar-refractivity contribution in [3.8, 4) is 11.5 Å². The highest BCUT2D eigenvalue weighted by Gasteiger charge is 2.10. The normalized spacial score (nSPS) is 11.5. The highest BCUT2D eigenvalue weighted by molar-refractivity contribution is 8.13. The van der Waals surface area contributed by atoms with Crippen molar-refractivity contribution < 1.29 is 14.3 Å². The molecule has 0 unspecified atom stereocenters. The van der Waals surface area contributed by atoms with Crippen LogP contribution in [0.1, 0.15) is 27.0 Å². The Bertz CT molecular complexity index is 1120. The first-order valence-electron chi connectivity index (χ1n) is 9.78. The highest BCUT2D eigenvalue weighted by Crippen LogP contribution is 2.24. The molecule has 0 atom stereocenters. The van der Waals surface area contributed by atoms with Gasteiger partial charge < -0.3 is 20.9 Å². The molecule has 0 aromatic heterocycles. The fourth-order valence-corrected chi connectivity index (χ4v) is 3.47. The van der Waals surface area contributed by atoms with Crippen molar-refractivity contribution in [2.75, 3.05) is 7.11 Å². The van der Waals surface area contributed by atoms with Crippen LogP contribution >= 0.6 is 11.8 Å². The van der Waals surface area contributed by atoms with Crippen LogP contribution in [0.5, 0.6) is 11.5 Å². The van der Waals surface area contributed by atoms with Gasteiger partial charge in [0.05, 0.1) is 18.9 Å². The third-order valence-electron chi connectivity index (χ3n) is 4.43. The van der Waals surface area contributed by atoms with E-state index in [1.807, 2.05) is 48.5 Å². The number of hydrogen-bond acceptors (Lipinski definition) is 6. The number of carbonyl (C=O) groups excluding carboxylic acids is 1. The zero-order valence-corrected chi connectivity index (χ0v) is 18.4. The van der Waals surface area contributed by atoms with Crippen LogP contribution in [0, 0.1) is 0 Å². The molecule has 0 spiro atoms. The molecule has 3 rings (SSSR count). The number of methoxy groups -OCH3 is 1. The molecule has 4 N–H and O–H groups in total. The monoisotopic (exact) mass is 448 g/mol. The van der Waals surface area contributed by atoms with Gasteiger partial charge >= 0.3 is 0 Å². The molecule has 0 heterocycles. The number of rotatable bonds is 9. The van der Waals surface area contributed by atoms with Gasteiger partial charge in [0.25, 0.3) is 5.91 Å². The number of nitrogens with two attached hydrogens (primary N) is 2. The lowest BCUT2D eigenvalue weighted by molar-refractivity contribution is 0.0996. The average Bonchev–Trinajstić information content (AvgIpc) is 2.82. The zero-order chi connectivity index (χ0) is 22.8. The lowest BCUT2D eigenvalue weighted by Gasteiger charge is -2.12. The van der Waals surface area contributed by atoms with Gasteiger partial charge in [-0.2, -0.15) is 5.10 Å². The first kappa shape index (κ1) is 22.9. The summed E-state index contributed by atoms with van der Waals surface area (Å²) in [5, 5.41) is 8.50. The maximum absolute atomic E-state index is 11.6. The second-order valence-electron chi connectivity index (χ2n) is 6.68. The molecular weight excluding hydrogens is 424 g/mol. The SMILES string of the molecule is COc1ccc(C=NN=C(N)SCc2ccccc2)cc1COc1ccccc1C(N)=O. The Morgan fingerprint density at radius 3 is 2.50 bits per heavy atom. The van der Waals surface area contributed by atoms with Gasteiger partial charge in [0, 0.05) is 11.3 Å². The van der Waals surface area contributed by atoms with Crippen molar-refractivity contribution in [3.05, 3.63) is 95.1 Å². The summed E-state index contributed by atoms with van der Waals surface area (Å²) in [6.07, 6.45) is 1.61. The number of benzene rings is 3. The minimum absolute atomic E-state index is 0.188. The second-order valence-corrected chi connectivity index (χ2v) is 7.67. The van der Waals surface area contributed by atoms with Gasteiger partial charge in [0.15, 0.2) is 5.17 Å². The Hall–Kier alpha value is -3.78. The number of ether oxygens (including phenoxy) is 2. The fourth-order valence-electron chi connectivity index (χ4n) is 2.86. The standard InChI is InChI=1S/C24H24N4O3S/c1-30-21-12-11-18(14-27-28-24(26)32-16-17-7-3-2-4-8-17)13-19(21)15-31-22-10-6-5-9-20(22)23(25)29/h2-14H,15-16H2,1H3,(H2,25,29)(H2,26,28). The molecular formula is C24H24N4O3S. The molecule has 0 radical (unpaired) electrons. The molecule has 8 heteroatoms. The van der Waals surface area contributed by atoms with E-state index in [9.17, 15) is 4.79 Å². The van der Waals surface area contributed by atoms with Gasteiger partial charge in [0.1, 0.15) is 18.1 Å². The highest BCUT2D eigenvalue weighted by atomic mass is 32.2. The molecule has 0 aliphatic heterocycles. The van der Waals surface area contributed by atoms with Crippen molar-refractivity contribution in [2.45, 2.75) is 12.4 Å². The van der Waals surface area contributed by atoms with E-state index in [1.165, 1.54) is 11.8 Å². The van der Waals surface area contributed by atoms with Crippen molar-refractivity contribution in [1.82, 2.24) is 0 Å². The number of thioether (sulfide) groups is 1. The largest absolute Gasteiger partial charge is 0.496 e. The Labute approximate surface area is 191 Å². The number of hydrogen-bond donors (Lipinski definition) is 2. The van der Waals surface area contributed by atoms with Crippen LogP contribution in [0.15, 0.2) is 83.0 Å². The van der Waals surface area contributed by atoms with Gasteiger partial charge in [0.2, 0.25) is 0 Å². The van der Waals surface area contributed by atoms with E-state index < -0.39 is 5.91 Å². The average molecular weight is 449 g/mol. The molecule has 0 aliphatic rings. The van der Waals surface area contributed by atoms with Crippen LogP contribution in [0.4, 0.5) is 0 Å². The predicted octanol–water partition coefficient (Wildman–Crippen LogP) is 3.96. The van der Waals surface area contributed by atoms with Crippen LogP contribution in [-0.4, -0.2) is 24.4 Å². The van der Waals surface area contributed by atoms with Crippen molar-refractivity contribution in [1.29, 1.82) is 0 Å². The Kier molecular flexibility index (Phi) is 8.28. The maximum Gasteiger partial charge on any atom is 0.252 e. The summed E-state index contributed by atoms with van der Waals surface area (Å²) < 4.78 is 11.2. The van der Waals surface area contributed by atoms with Crippen molar-refractivity contribution >= 4 is 29.1 Å². The van der Waals surface area contributed by atoms with Gasteiger partial charge in [-0.25, -0.2) is 0 Å². The first-order chi connectivity index (χ1) is 15.6. The number of para-hydroxylation sites is 1. The summed E-state index contributed by atoms with van der Waals surface area (Å²) in [6.45, 7) is 0.188. The van der Waals surface area contributed by atoms with E-state index in [1.54, 1.807) is 37.6 Å². The fraction of sp³-hybridized carbons (Fsp3) is 0.125. The molecule has 164 valence electrons. The van der Waals surface area contributed by atoms with E-state index in [2.05, 4.69) is 10.2 Å². The van der Waals surface area contributed by atoms with Crippen LogP contribution < -0.4 is 20.9 Å². The quantitative estimate of drug-likeness (QED) is 0.292. The lowest BCUT2D eigenvalue weighted by atomic mass is 10.1. The Balaban J connectivity index is 1.66. The van der Waals surface area contributed by atoms with Gasteiger partial charge in [-0.05, 0) is 41.5 Å². The van der Waals surface area contributed by atoms with Crippen LogP contribution in [0.2, 0.25) is 0 Å². The molecule has 0 aliphatic carbocycles.